The van der Waals surface area contributed by atoms with Crippen molar-refractivity contribution < 1.29 is 14.3 Å². The van der Waals surface area contributed by atoms with E-state index in [4.69, 9.17) is 15.2 Å². The van der Waals surface area contributed by atoms with Crippen molar-refractivity contribution in [3.8, 4) is 11.5 Å². The molecule has 1 amide bonds. The predicted molar refractivity (Wildman–Crippen MR) is 73.9 cm³/mol. The molecule has 2 rings (SSSR count). The minimum Gasteiger partial charge on any atom is -0.493 e. The van der Waals surface area contributed by atoms with E-state index in [1.54, 1.807) is 12.1 Å². The van der Waals surface area contributed by atoms with Gasteiger partial charge in [-0.3, -0.25) is 4.79 Å². The van der Waals surface area contributed by atoms with Gasteiger partial charge in [-0.1, -0.05) is 0 Å². The van der Waals surface area contributed by atoms with Gasteiger partial charge < -0.3 is 20.5 Å². The number of nitrogens with zero attached hydrogens (tertiary/aromatic N) is 2. The third kappa shape index (κ3) is 2.77. The lowest BCUT2D eigenvalue weighted by Crippen LogP contribution is -2.14. The predicted octanol–water partition coefficient (Wildman–Crippen LogP) is 1.33. The number of hydrogen-bond donors (Lipinski definition) is 2. The summed E-state index contributed by atoms with van der Waals surface area (Å²) in [5.41, 5.74) is 7.00. The van der Waals surface area contributed by atoms with Crippen LogP contribution >= 0.6 is 0 Å². The van der Waals surface area contributed by atoms with Crippen LogP contribution < -0.4 is 20.5 Å². The number of nitrogens with two attached hydrogens (primary N) is 1. The third-order valence-corrected chi connectivity index (χ3v) is 2.63. The molecule has 7 heteroatoms. The van der Waals surface area contributed by atoms with E-state index < -0.39 is 0 Å². The first-order valence-electron chi connectivity index (χ1n) is 5.73. The van der Waals surface area contributed by atoms with Crippen LogP contribution in [-0.2, 0) is 0 Å². The molecule has 3 N–H and O–H groups in total. The first kappa shape index (κ1) is 13.6. The number of hydrogen-bond acceptors (Lipinski definition) is 6. The van der Waals surface area contributed by atoms with Gasteiger partial charge in [0.05, 0.1) is 31.2 Å². The van der Waals surface area contributed by atoms with Crippen LogP contribution in [0.1, 0.15) is 10.4 Å². The molecule has 0 radical (unpaired) electrons. The molecule has 0 aliphatic heterocycles. The normalized spacial score (nSPS) is 9.90. The minimum absolute atomic E-state index is 0.335. The van der Waals surface area contributed by atoms with Gasteiger partial charge in [0.15, 0.2) is 11.5 Å². The molecule has 0 atom stereocenters. The fraction of sp³-hybridized carbons (Fsp3) is 0.154. The molecule has 2 aromatic rings. The van der Waals surface area contributed by atoms with Crippen LogP contribution in [0.15, 0.2) is 30.9 Å². The number of nitrogens with one attached hydrogen (secondary N) is 1. The van der Waals surface area contributed by atoms with E-state index in [1.165, 1.54) is 32.9 Å². The summed E-state index contributed by atoms with van der Waals surface area (Å²) in [5, 5.41) is 2.67. The van der Waals surface area contributed by atoms with E-state index in [2.05, 4.69) is 15.3 Å². The molecule has 0 spiro atoms. The van der Waals surface area contributed by atoms with E-state index in [0.29, 0.717) is 28.4 Å². The molecule has 104 valence electrons. The van der Waals surface area contributed by atoms with Gasteiger partial charge in [-0.25, -0.2) is 9.97 Å². The van der Waals surface area contributed by atoms with Gasteiger partial charge in [0.25, 0.3) is 5.91 Å². The van der Waals surface area contributed by atoms with Gasteiger partial charge in [-0.15, -0.1) is 0 Å². The number of carbonyl (C=O) groups is 1. The van der Waals surface area contributed by atoms with Crippen LogP contribution in [0.2, 0.25) is 0 Å². The summed E-state index contributed by atoms with van der Waals surface area (Å²) in [6.45, 7) is 0. The first-order valence-corrected chi connectivity index (χ1v) is 5.73. The highest BCUT2D eigenvalue weighted by Gasteiger charge is 2.13. The molecule has 0 unspecified atom stereocenters. The highest BCUT2D eigenvalue weighted by atomic mass is 16.5. The van der Waals surface area contributed by atoms with Crippen LogP contribution in [0.5, 0.6) is 11.5 Å². The van der Waals surface area contributed by atoms with Gasteiger partial charge in [0.1, 0.15) is 6.33 Å². The molecule has 0 fully saturated rings. The molecule has 0 bridgehead atoms. The third-order valence-electron chi connectivity index (χ3n) is 2.63. The van der Waals surface area contributed by atoms with Crippen molar-refractivity contribution in [1.29, 1.82) is 0 Å². The standard InChI is InChI=1S/C13H14N4O3/c1-19-11-3-9(14)10(4-12(11)20-2)17-13(18)8-5-15-7-16-6-8/h3-7H,14H2,1-2H3,(H,17,18). The second kappa shape index (κ2) is 5.87. The second-order valence-corrected chi connectivity index (χ2v) is 3.88. The molecule has 1 aromatic carbocycles. The first-order chi connectivity index (χ1) is 9.65. The Balaban J connectivity index is 2.28. The smallest absolute Gasteiger partial charge is 0.258 e. The molecular weight excluding hydrogens is 260 g/mol. The maximum Gasteiger partial charge on any atom is 0.258 e. The molecule has 7 nitrogen and oxygen atoms in total. The lowest BCUT2D eigenvalue weighted by molar-refractivity contribution is 0.102. The lowest BCUT2D eigenvalue weighted by atomic mass is 10.2. The average Bonchev–Trinajstić information content (AvgIpc) is 2.49. The summed E-state index contributed by atoms with van der Waals surface area (Å²) < 4.78 is 10.3. The fourth-order valence-corrected chi connectivity index (χ4v) is 1.61. The number of anilines is 2. The molecule has 0 saturated heterocycles. The van der Waals surface area contributed by atoms with Crippen LogP contribution in [0.25, 0.3) is 0 Å². The van der Waals surface area contributed by atoms with Gasteiger partial charge >= 0.3 is 0 Å². The molecular formula is C13H14N4O3. The number of amides is 1. The van der Waals surface area contributed by atoms with Gasteiger partial charge in [-0.2, -0.15) is 0 Å². The maximum atomic E-state index is 12.0. The summed E-state index contributed by atoms with van der Waals surface area (Å²) in [6, 6.07) is 3.17. The number of nitrogen functional groups attached to an aromatic ring is 1. The largest absolute Gasteiger partial charge is 0.493 e. The van der Waals surface area contributed by atoms with Crippen LogP contribution in [0, 0.1) is 0 Å². The minimum atomic E-state index is -0.357. The van der Waals surface area contributed by atoms with Crippen molar-refractivity contribution in [2.24, 2.45) is 0 Å². The topological polar surface area (TPSA) is 99.4 Å². The van der Waals surface area contributed by atoms with Crippen molar-refractivity contribution >= 4 is 17.3 Å². The molecule has 1 aromatic heterocycles. The number of carbonyl (C=O) groups excluding carboxylic acids is 1. The summed E-state index contributed by atoms with van der Waals surface area (Å²) in [6.07, 6.45) is 4.18. The summed E-state index contributed by atoms with van der Waals surface area (Å²) in [5.74, 6) is 0.608. The Bertz CT molecular complexity index is 617. The van der Waals surface area contributed by atoms with E-state index >= 15 is 0 Å². The second-order valence-electron chi connectivity index (χ2n) is 3.88. The number of ether oxygens (including phenoxy) is 2. The number of aromatic nitrogens is 2. The average molecular weight is 274 g/mol. The monoisotopic (exact) mass is 274 g/mol. The Labute approximate surface area is 115 Å². The highest BCUT2D eigenvalue weighted by Crippen LogP contribution is 2.34. The van der Waals surface area contributed by atoms with Crippen LogP contribution in [-0.4, -0.2) is 30.1 Å². The fourth-order valence-electron chi connectivity index (χ4n) is 1.61. The van der Waals surface area contributed by atoms with Crippen LogP contribution in [0.4, 0.5) is 11.4 Å². The highest BCUT2D eigenvalue weighted by molar-refractivity contribution is 6.05. The van der Waals surface area contributed by atoms with E-state index in [0.717, 1.165) is 0 Å². The Kier molecular flexibility index (Phi) is 3.99. The molecule has 0 aliphatic rings. The van der Waals surface area contributed by atoms with Crippen molar-refractivity contribution in [3.05, 3.63) is 36.4 Å². The van der Waals surface area contributed by atoms with Gasteiger partial charge in [0, 0.05) is 24.5 Å². The zero-order valence-corrected chi connectivity index (χ0v) is 11.1. The Morgan fingerprint density at radius 3 is 2.35 bits per heavy atom. The molecule has 0 aliphatic carbocycles. The Morgan fingerprint density at radius 1 is 1.15 bits per heavy atom. The van der Waals surface area contributed by atoms with Gasteiger partial charge in [-0.05, 0) is 0 Å². The van der Waals surface area contributed by atoms with E-state index in [9.17, 15) is 4.79 Å². The Morgan fingerprint density at radius 2 is 1.75 bits per heavy atom. The van der Waals surface area contributed by atoms with Crippen molar-refractivity contribution in [2.45, 2.75) is 0 Å². The zero-order chi connectivity index (χ0) is 14.5. The van der Waals surface area contributed by atoms with Crippen LogP contribution in [0.3, 0.4) is 0 Å². The Hall–Kier alpha value is -2.83. The number of methoxy groups -OCH3 is 2. The van der Waals surface area contributed by atoms with Crippen molar-refractivity contribution in [3.63, 3.8) is 0 Å². The molecule has 1 heterocycles. The SMILES string of the molecule is COc1cc(N)c(NC(=O)c2cncnc2)cc1OC. The molecule has 0 saturated carbocycles. The number of benzene rings is 1. The zero-order valence-electron chi connectivity index (χ0n) is 11.1. The van der Waals surface area contributed by atoms with E-state index in [-0.39, 0.29) is 5.91 Å². The van der Waals surface area contributed by atoms with Gasteiger partial charge in [0.2, 0.25) is 0 Å². The van der Waals surface area contributed by atoms with Crippen molar-refractivity contribution in [2.75, 3.05) is 25.3 Å². The summed E-state index contributed by atoms with van der Waals surface area (Å²) in [7, 11) is 3.02. The molecule has 20 heavy (non-hydrogen) atoms. The quantitative estimate of drug-likeness (QED) is 0.816. The summed E-state index contributed by atoms with van der Waals surface area (Å²) in [4.78, 5) is 19.6. The maximum absolute atomic E-state index is 12.0. The summed E-state index contributed by atoms with van der Waals surface area (Å²) >= 11 is 0. The lowest BCUT2D eigenvalue weighted by Gasteiger charge is -2.13. The van der Waals surface area contributed by atoms with Crippen molar-refractivity contribution in [1.82, 2.24) is 9.97 Å². The van der Waals surface area contributed by atoms with E-state index in [1.807, 2.05) is 0 Å². The number of rotatable bonds is 4.